The summed E-state index contributed by atoms with van der Waals surface area (Å²) in [5.74, 6) is 0. The summed E-state index contributed by atoms with van der Waals surface area (Å²) in [5.41, 5.74) is 2.83. The number of hydrogen-bond acceptors (Lipinski definition) is 2. The molecule has 15 heavy (non-hydrogen) atoms. The third kappa shape index (κ3) is 4.63. The van der Waals surface area contributed by atoms with Crippen LogP contribution in [0.15, 0.2) is 23.3 Å². The van der Waals surface area contributed by atoms with Crippen molar-refractivity contribution in [1.29, 1.82) is 0 Å². The van der Waals surface area contributed by atoms with Crippen LogP contribution in [0.25, 0.3) is 0 Å². The fourth-order valence-electron chi connectivity index (χ4n) is 1.79. The van der Waals surface area contributed by atoms with E-state index in [0.717, 1.165) is 32.1 Å². The fourth-order valence-corrected chi connectivity index (χ4v) is 1.79. The minimum Gasteiger partial charge on any atom is -0.368 e. The number of allylic oxidation sites excluding steroid dienone is 4. The number of ether oxygens (including phenoxy) is 1. The quantitative estimate of drug-likeness (QED) is 0.682. The van der Waals surface area contributed by atoms with Crippen LogP contribution in [0.4, 0.5) is 0 Å². The Morgan fingerprint density at radius 2 is 2.33 bits per heavy atom. The second-order valence-corrected chi connectivity index (χ2v) is 4.09. The Kier molecular flexibility index (Phi) is 5.66. The largest absolute Gasteiger partial charge is 0.368 e. The molecule has 0 amide bonds. The number of rotatable bonds is 6. The second-order valence-electron chi connectivity index (χ2n) is 4.09. The predicted molar refractivity (Wildman–Crippen MR) is 62.6 cm³/mol. The molecule has 0 aromatic rings. The van der Waals surface area contributed by atoms with E-state index < -0.39 is 6.29 Å². The summed E-state index contributed by atoms with van der Waals surface area (Å²) in [5, 5.41) is 9.53. The van der Waals surface area contributed by atoms with Gasteiger partial charge in [-0.2, -0.15) is 0 Å². The van der Waals surface area contributed by atoms with Gasteiger partial charge in [0.05, 0.1) is 0 Å². The van der Waals surface area contributed by atoms with Crippen LogP contribution < -0.4 is 0 Å². The van der Waals surface area contributed by atoms with Crippen LogP contribution in [-0.4, -0.2) is 18.0 Å². The van der Waals surface area contributed by atoms with Crippen LogP contribution in [0, 0.1) is 0 Å². The Hall–Kier alpha value is -0.600. The Bertz CT molecular complexity index is 241. The van der Waals surface area contributed by atoms with Gasteiger partial charge < -0.3 is 9.84 Å². The Morgan fingerprint density at radius 3 is 3.00 bits per heavy atom. The maximum atomic E-state index is 9.53. The van der Waals surface area contributed by atoms with Gasteiger partial charge in [0.15, 0.2) is 6.29 Å². The molecule has 0 aliphatic heterocycles. The van der Waals surface area contributed by atoms with Gasteiger partial charge in [-0.05, 0) is 32.6 Å². The van der Waals surface area contributed by atoms with Crippen LogP contribution in [0.3, 0.4) is 0 Å². The summed E-state index contributed by atoms with van der Waals surface area (Å²) in [6, 6.07) is 0. The van der Waals surface area contributed by atoms with Crippen LogP contribution >= 0.6 is 0 Å². The summed E-state index contributed by atoms with van der Waals surface area (Å²) in [7, 11) is 0. The Morgan fingerprint density at radius 1 is 1.53 bits per heavy atom. The zero-order chi connectivity index (χ0) is 11.1. The van der Waals surface area contributed by atoms with Gasteiger partial charge in [-0.3, -0.25) is 0 Å². The number of aliphatic hydroxyl groups is 1. The fraction of sp³-hybridized carbons (Fsp3) is 0.692. The van der Waals surface area contributed by atoms with Crippen molar-refractivity contribution in [3.8, 4) is 0 Å². The van der Waals surface area contributed by atoms with Gasteiger partial charge in [0, 0.05) is 13.0 Å². The lowest BCUT2D eigenvalue weighted by Gasteiger charge is -2.16. The molecule has 0 aromatic carbocycles. The number of aliphatic hydroxyl groups excluding tert-OH is 1. The van der Waals surface area contributed by atoms with Crippen LogP contribution in [0.5, 0.6) is 0 Å². The minimum absolute atomic E-state index is 0.587. The minimum atomic E-state index is -0.587. The van der Waals surface area contributed by atoms with E-state index in [4.69, 9.17) is 4.74 Å². The average Bonchev–Trinajstić information content (AvgIpc) is 2.25. The lowest BCUT2D eigenvalue weighted by Crippen LogP contribution is -2.13. The molecule has 2 heteroatoms. The highest BCUT2D eigenvalue weighted by Crippen LogP contribution is 2.23. The standard InChI is InChI=1S/C13H22O2/c1-3-10-15-13(14)9-8-12-7-5-4-6-11(12)2/h4,6,13-14H,3,5,7-10H2,1-2H3. The van der Waals surface area contributed by atoms with Crippen molar-refractivity contribution < 1.29 is 9.84 Å². The molecule has 0 spiro atoms. The zero-order valence-electron chi connectivity index (χ0n) is 9.83. The summed E-state index contributed by atoms with van der Waals surface area (Å²) in [6.45, 7) is 4.84. The molecule has 0 radical (unpaired) electrons. The molecule has 0 heterocycles. The van der Waals surface area contributed by atoms with Gasteiger partial charge in [0.25, 0.3) is 0 Å². The summed E-state index contributed by atoms with van der Waals surface area (Å²) in [4.78, 5) is 0. The molecule has 0 fully saturated rings. The lowest BCUT2D eigenvalue weighted by molar-refractivity contribution is -0.102. The van der Waals surface area contributed by atoms with Gasteiger partial charge in [-0.15, -0.1) is 0 Å². The molecule has 0 saturated heterocycles. The van der Waals surface area contributed by atoms with Crippen molar-refractivity contribution in [1.82, 2.24) is 0 Å². The van der Waals surface area contributed by atoms with E-state index in [-0.39, 0.29) is 0 Å². The molecular weight excluding hydrogens is 188 g/mol. The van der Waals surface area contributed by atoms with Crippen molar-refractivity contribution in [3.63, 3.8) is 0 Å². The molecule has 1 N–H and O–H groups in total. The SMILES string of the molecule is CCCOC(O)CCC1=C(C)C=CCC1. The molecule has 86 valence electrons. The van der Waals surface area contributed by atoms with E-state index in [1.165, 1.54) is 11.1 Å². The first-order valence-corrected chi connectivity index (χ1v) is 5.89. The van der Waals surface area contributed by atoms with E-state index in [2.05, 4.69) is 19.1 Å². The van der Waals surface area contributed by atoms with Crippen molar-refractivity contribution in [2.75, 3.05) is 6.61 Å². The zero-order valence-corrected chi connectivity index (χ0v) is 9.83. The third-order valence-electron chi connectivity index (χ3n) is 2.75. The first-order valence-electron chi connectivity index (χ1n) is 5.89. The summed E-state index contributed by atoms with van der Waals surface area (Å²) < 4.78 is 5.23. The van der Waals surface area contributed by atoms with Crippen LogP contribution in [-0.2, 0) is 4.74 Å². The molecule has 1 aliphatic carbocycles. The molecule has 1 aliphatic rings. The number of hydrogen-bond donors (Lipinski definition) is 1. The second kappa shape index (κ2) is 6.81. The molecule has 2 nitrogen and oxygen atoms in total. The smallest absolute Gasteiger partial charge is 0.154 e. The van der Waals surface area contributed by atoms with Crippen molar-refractivity contribution in [2.24, 2.45) is 0 Å². The maximum Gasteiger partial charge on any atom is 0.154 e. The van der Waals surface area contributed by atoms with Gasteiger partial charge in [0.2, 0.25) is 0 Å². The van der Waals surface area contributed by atoms with Gasteiger partial charge in [0.1, 0.15) is 0 Å². The predicted octanol–water partition coefficient (Wildman–Crippen LogP) is 3.18. The Labute approximate surface area is 92.6 Å². The molecular formula is C13H22O2. The molecule has 0 bridgehead atoms. The normalized spacial score (nSPS) is 18.3. The van der Waals surface area contributed by atoms with Gasteiger partial charge in [-0.1, -0.05) is 30.2 Å². The topological polar surface area (TPSA) is 29.5 Å². The average molecular weight is 210 g/mol. The van der Waals surface area contributed by atoms with Gasteiger partial charge in [-0.25, -0.2) is 0 Å². The molecule has 0 saturated carbocycles. The molecule has 0 aromatic heterocycles. The van der Waals surface area contributed by atoms with Crippen molar-refractivity contribution in [2.45, 2.75) is 52.2 Å². The van der Waals surface area contributed by atoms with Gasteiger partial charge >= 0.3 is 0 Å². The third-order valence-corrected chi connectivity index (χ3v) is 2.75. The van der Waals surface area contributed by atoms with Crippen molar-refractivity contribution in [3.05, 3.63) is 23.3 Å². The van der Waals surface area contributed by atoms with E-state index >= 15 is 0 Å². The molecule has 1 atom stereocenters. The molecule has 1 unspecified atom stereocenters. The van der Waals surface area contributed by atoms with E-state index in [1.807, 2.05) is 6.92 Å². The highest BCUT2D eigenvalue weighted by atomic mass is 16.6. The summed E-state index contributed by atoms with van der Waals surface area (Å²) in [6.07, 6.45) is 8.72. The Balaban J connectivity index is 2.26. The van der Waals surface area contributed by atoms with Crippen LogP contribution in [0.1, 0.15) is 46.0 Å². The molecule has 1 rings (SSSR count). The highest BCUT2D eigenvalue weighted by molar-refractivity contribution is 5.27. The first kappa shape index (κ1) is 12.5. The van der Waals surface area contributed by atoms with E-state index in [9.17, 15) is 5.11 Å². The summed E-state index contributed by atoms with van der Waals surface area (Å²) >= 11 is 0. The monoisotopic (exact) mass is 210 g/mol. The van der Waals surface area contributed by atoms with Crippen LogP contribution in [0.2, 0.25) is 0 Å². The van der Waals surface area contributed by atoms with E-state index in [0.29, 0.717) is 6.61 Å². The maximum absolute atomic E-state index is 9.53. The van der Waals surface area contributed by atoms with Crippen molar-refractivity contribution >= 4 is 0 Å². The first-order chi connectivity index (χ1) is 7.24. The van der Waals surface area contributed by atoms with E-state index in [1.54, 1.807) is 0 Å². The lowest BCUT2D eigenvalue weighted by atomic mass is 9.95. The highest BCUT2D eigenvalue weighted by Gasteiger charge is 2.08.